The van der Waals surface area contributed by atoms with Gasteiger partial charge in [-0.1, -0.05) is 0 Å². The molecule has 26 heavy (non-hydrogen) atoms. The van der Waals surface area contributed by atoms with E-state index >= 15 is 0 Å². The molecule has 2 unspecified atom stereocenters. The third kappa shape index (κ3) is 3.57. The topological polar surface area (TPSA) is 114 Å². The zero-order valence-corrected chi connectivity index (χ0v) is 14.3. The number of fused-ring (bicyclic) bond motifs is 1. The van der Waals surface area contributed by atoms with Gasteiger partial charge in [-0.15, -0.1) is 0 Å². The molecule has 1 saturated heterocycles. The minimum Gasteiger partial charge on any atom is -0.479 e. The lowest BCUT2D eigenvalue weighted by Crippen LogP contribution is -2.48. The van der Waals surface area contributed by atoms with Crippen molar-refractivity contribution in [2.75, 3.05) is 27.0 Å². The van der Waals surface area contributed by atoms with Gasteiger partial charge in [0.1, 0.15) is 6.04 Å². The van der Waals surface area contributed by atoms with E-state index in [0.717, 1.165) is 0 Å². The lowest BCUT2D eigenvalue weighted by atomic mass is 10.1. The van der Waals surface area contributed by atoms with Gasteiger partial charge in [0.2, 0.25) is 12.7 Å². The number of benzene rings is 1. The van der Waals surface area contributed by atoms with Crippen LogP contribution < -0.4 is 14.8 Å². The number of amides is 2. The van der Waals surface area contributed by atoms with Crippen molar-refractivity contribution in [3.63, 3.8) is 0 Å². The molecule has 3 rings (SSSR count). The lowest BCUT2D eigenvalue weighted by Gasteiger charge is -2.24. The molecule has 9 heteroatoms. The van der Waals surface area contributed by atoms with Gasteiger partial charge in [0.15, 0.2) is 17.6 Å². The molecule has 2 amide bonds. The molecule has 2 aliphatic rings. The first-order valence-electron chi connectivity index (χ1n) is 8.25. The Morgan fingerprint density at radius 1 is 1.35 bits per heavy atom. The number of nitrogens with one attached hydrogen (secondary N) is 1. The van der Waals surface area contributed by atoms with Gasteiger partial charge in [0, 0.05) is 19.2 Å². The highest BCUT2D eigenvalue weighted by molar-refractivity contribution is 5.98. The second-order valence-electron chi connectivity index (χ2n) is 6.03. The molecule has 1 aromatic carbocycles. The summed E-state index contributed by atoms with van der Waals surface area (Å²) in [6.45, 7) is 0.414. The monoisotopic (exact) mass is 364 g/mol. The molecule has 0 aromatic heterocycles. The van der Waals surface area contributed by atoms with E-state index in [1.165, 1.54) is 12.0 Å². The first-order chi connectivity index (χ1) is 12.5. The summed E-state index contributed by atoms with van der Waals surface area (Å²) in [4.78, 5) is 37.7. The highest BCUT2D eigenvalue weighted by atomic mass is 16.7. The molecule has 140 valence electrons. The number of carbonyl (C=O) groups excluding carboxylic acids is 2. The van der Waals surface area contributed by atoms with E-state index in [1.54, 1.807) is 18.2 Å². The molecule has 2 aliphatic heterocycles. The third-order valence-electron chi connectivity index (χ3n) is 4.46. The van der Waals surface area contributed by atoms with Gasteiger partial charge in [-0.05, 0) is 31.0 Å². The number of methoxy groups -OCH3 is 1. The fraction of sp³-hybridized carbons (Fsp3) is 0.471. The molecule has 0 saturated carbocycles. The fourth-order valence-corrected chi connectivity index (χ4v) is 3.06. The Balaban J connectivity index is 1.66. The Kier molecular flexibility index (Phi) is 5.27. The Morgan fingerprint density at radius 3 is 2.85 bits per heavy atom. The molecular weight excluding hydrogens is 344 g/mol. The number of nitrogens with zero attached hydrogens (tertiary/aromatic N) is 1. The Labute approximate surface area is 149 Å². The van der Waals surface area contributed by atoms with Gasteiger partial charge < -0.3 is 29.5 Å². The van der Waals surface area contributed by atoms with Crippen LogP contribution in [0.2, 0.25) is 0 Å². The number of carboxylic acids is 1. The van der Waals surface area contributed by atoms with Crippen LogP contribution in [0.4, 0.5) is 0 Å². The highest BCUT2D eigenvalue weighted by Crippen LogP contribution is 2.33. The minimum atomic E-state index is -1.16. The second-order valence-corrected chi connectivity index (χ2v) is 6.03. The molecule has 0 spiro atoms. The molecular formula is C17H20N2O7. The summed E-state index contributed by atoms with van der Waals surface area (Å²) >= 11 is 0. The normalized spacial score (nSPS) is 19.3. The van der Waals surface area contributed by atoms with Gasteiger partial charge in [-0.2, -0.15) is 0 Å². The van der Waals surface area contributed by atoms with Crippen LogP contribution in [0.5, 0.6) is 11.5 Å². The van der Waals surface area contributed by atoms with Gasteiger partial charge in [0.25, 0.3) is 5.91 Å². The number of ether oxygens (including phenoxy) is 3. The summed E-state index contributed by atoms with van der Waals surface area (Å²) < 4.78 is 15.3. The van der Waals surface area contributed by atoms with E-state index in [2.05, 4.69) is 5.32 Å². The molecule has 1 fully saturated rings. The maximum absolute atomic E-state index is 12.8. The fourth-order valence-electron chi connectivity index (χ4n) is 3.06. The molecule has 0 aliphatic carbocycles. The van der Waals surface area contributed by atoms with Crippen molar-refractivity contribution in [1.29, 1.82) is 0 Å². The number of rotatable bonds is 6. The largest absolute Gasteiger partial charge is 0.479 e. The quantitative estimate of drug-likeness (QED) is 0.743. The van der Waals surface area contributed by atoms with E-state index in [-0.39, 0.29) is 25.2 Å². The Hall–Kier alpha value is -2.81. The lowest BCUT2D eigenvalue weighted by molar-refractivity contribution is -0.148. The smallest absolute Gasteiger partial charge is 0.334 e. The van der Waals surface area contributed by atoms with Crippen molar-refractivity contribution in [3.05, 3.63) is 23.8 Å². The van der Waals surface area contributed by atoms with E-state index in [9.17, 15) is 14.4 Å². The van der Waals surface area contributed by atoms with Crippen molar-refractivity contribution in [3.8, 4) is 11.5 Å². The number of carbonyl (C=O) groups is 3. The SMILES string of the molecule is COC(CNC(=O)C1CCCN1C(=O)c1ccc2c(c1)OCO2)C(=O)O. The first kappa shape index (κ1) is 18.0. The summed E-state index contributed by atoms with van der Waals surface area (Å²) in [6, 6.07) is 4.26. The predicted molar refractivity (Wildman–Crippen MR) is 88.1 cm³/mol. The molecule has 0 radical (unpaired) electrons. The van der Waals surface area contributed by atoms with Crippen LogP contribution in [0.15, 0.2) is 18.2 Å². The Morgan fingerprint density at radius 2 is 2.12 bits per heavy atom. The van der Waals surface area contributed by atoms with Crippen LogP contribution in [0.3, 0.4) is 0 Å². The van der Waals surface area contributed by atoms with Crippen LogP contribution >= 0.6 is 0 Å². The number of aliphatic carboxylic acids is 1. The zero-order chi connectivity index (χ0) is 18.7. The van der Waals surface area contributed by atoms with Crippen molar-refractivity contribution >= 4 is 17.8 Å². The van der Waals surface area contributed by atoms with Crippen molar-refractivity contribution in [2.24, 2.45) is 0 Å². The number of carboxylic acid groups (broad SMARTS) is 1. The number of hydrogen-bond acceptors (Lipinski definition) is 6. The molecule has 1 aromatic rings. The molecule has 9 nitrogen and oxygen atoms in total. The summed E-state index contributed by atoms with van der Waals surface area (Å²) in [5.74, 6) is -0.744. The third-order valence-corrected chi connectivity index (χ3v) is 4.46. The van der Waals surface area contributed by atoms with Crippen molar-refractivity contribution in [1.82, 2.24) is 10.2 Å². The van der Waals surface area contributed by atoms with Crippen molar-refractivity contribution < 1.29 is 33.7 Å². The average molecular weight is 364 g/mol. The van der Waals surface area contributed by atoms with E-state index in [4.69, 9.17) is 19.3 Å². The van der Waals surface area contributed by atoms with Crippen LogP contribution in [-0.4, -0.2) is 66.9 Å². The standard InChI is InChI=1S/C17H20N2O7/c1-24-14(17(22)23)8-18-15(20)11-3-2-6-19(11)16(21)10-4-5-12-13(7-10)26-9-25-12/h4-5,7,11,14H,2-3,6,8-9H2,1H3,(H,18,20)(H,22,23). The summed E-state index contributed by atoms with van der Waals surface area (Å²) in [7, 11) is 1.26. The van der Waals surface area contributed by atoms with E-state index in [1.807, 2.05) is 0 Å². The number of hydrogen-bond donors (Lipinski definition) is 2. The first-order valence-corrected chi connectivity index (χ1v) is 8.25. The van der Waals surface area contributed by atoms with Crippen LogP contribution in [-0.2, 0) is 14.3 Å². The highest BCUT2D eigenvalue weighted by Gasteiger charge is 2.35. The maximum Gasteiger partial charge on any atom is 0.334 e. The minimum absolute atomic E-state index is 0.117. The van der Waals surface area contributed by atoms with Crippen LogP contribution in [0, 0.1) is 0 Å². The van der Waals surface area contributed by atoms with Crippen molar-refractivity contribution in [2.45, 2.75) is 25.0 Å². The maximum atomic E-state index is 12.8. The molecule has 0 bridgehead atoms. The summed E-state index contributed by atoms with van der Waals surface area (Å²) in [6.07, 6.45) is 0.0896. The average Bonchev–Trinajstić information content (AvgIpc) is 3.29. The van der Waals surface area contributed by atoms with E-state index < -0.39 is 18.1 Å². The van der Waals surface area contributed by atoms with Gasteiger partial charge in [-0.3, -0.25) is 9.59 Å². The zero-order valence-electron chi connectivity index (χ0n) is 14.3. The Bertz CT molecular complexity index is 721. The summed E-state index contributed by atoms with van der Waals surface area (Å²) in [5, 5.41) is 11.5. The van der Waals surface area contributed by atoms with E-state index in [0.29, 0.717) is 36.4 Å². The molecule has 2 atom stereocenters. The summed E-state index contributed by atoms with van der Waals surface area (Å²) in [5.41, 5.74) is 0.411. The van der Waals surface area contributed by atoms with Crippen LogP contribution in [0.25, 0.3) is 0 Å². The van der Waals surface area contributed by atoms with Gasteiger partial charge >= 0.3 is 5.97 Å². The van der Waals surface area contributed by atoms with Gasteiger partial charge in [-0.25, -0.2) is 4.79 Å². The predicted octanol–water partition coefficient (Wildman–Crippen LogP) is 0.236. The molecule has 2 N–H and O–H groups in total. The molecule has 2 heterocycles. The van der Waals surface area contributed by atoms with Gasteiger partial charge in [0.05, 0.1) is 6.54 Å². The second kappa shape index (κ2) is 7.61. The number of likely N-dealkylation sites (tertiary alicyclic amines) is 1. The van der Waals surface area contributed by atoms with Crippen LogP contribution in [0.1, 0.15) is 23.2 Å².